The number of aromatic amines is 1. The second-order valence-electron chi connectivity index (χ2n) is 28.0. The van der Waals surface area contributed by atoms with Crippen molar-refractivity contribution in [2.75, 3.05) is 13.2 Å². The van der Waals surface area contributed by atoms with Crippen LogP contribution in [0, 0.1) is 59.2 Å². The molecular formula is C62H97N13O14P+. The summed E-state index contributed by atoms with van der Waals surface area (Å²) in [5.41, 5.74) is 38.1. The Bertz CT molecular complexity index is 3330. The smallest absolute Gasteiger partial charge is 0.394 e. The van der Waals surface area contributed by atoms with Gasteiger partial charge < -0.3 is 80.8 Å². The third-order valence-corrected chi connectivity index (χ3v) is 22.9. The van der Waals surface area contributed by atoms with Crippen molar-refractivity contribution in [3.05, 3.63) is 63.9 Å². The van der Waals surface area contributed by atoms with Crippen molar-refractivity contribution in [1.29, 1.82) is 0 Å². The van der Waals surface area contributed by atoms with Crippen LogP contribution in [0.5, 0.6) is 0 Å². The van der Waals surface area contributed by atoms with Gasteiger partial charge in [0.1, 0.15) is 18.3 Å². The molecule has 7 heterocycles. The van der Waals surface area contributed by atoms with Crippen molar-refractivity contribution in [1.82, 2.24) is 31.6 Å². The molecule has 0 spiro atoms. The number of nitrogens with one attached hydrogen (secondary N) is 6. The minimum atomic E-state index is -5.04. The summed E-state index contributed by atoms with van der Waals surface area (Å²) in [6.07, 6.45) is -2.93. The van der Waals surface area contributed by atoms with Crippen molar-refractivity contribution in [2.45, 2.75) is 207 Å². The number of fused-ring (bicyclic) bond motifs is 10. The van der Waals surface area contributed by atoms with Gasteiger partial charge >= 0.3 is 7.82 Å². The third kappa shape index (κ3) is 13.2. The summed E-state index contributed by atoms with van der Waals surface area (Å²) in [5, 5.41) is 40.2. The number of hydrogen-bond donors (Lipinski definition) is 15. The molecule has 498 valence electrons. The summed E-state index contributed by atoms with van der Waals surface area (Å²) < 4.78 is 32.4. The first-order chi connectivity index (χ1) is 41.8. The first kappa shape index (κ1) is 69.4. The lowest BCUT2D eigenvalue weighted by atomic mass is 9.57. The lowest BCUT2D eigenvalue weighted by Gasteiger charge is -2.49. The molecule has 6 aliphatic rings. The molecule has 18 unspecified atom stereocenters. The quantitative estimate of drug-likeness (QED) is 0.0464. The number of carbonyl (C=O) groups excluding carboxylic acids is 7. The van der Waals surface area contributed by atoms with Crippen molar-refractivity contribution in [2.24, 2.45) is 79.7 Å². The number of rotatable bonds is 26. The zero-order valence-electron chi connectivity index (χ0n) is 53.7. The zero-order chi connectivity index (χ0) is 66.7. The minimum Gasteiger partial charge on any atom is -0.394 e. The van der Waals surface area contributed by atoms with Gasteiger partial charge in [-0.05, 0) is 120 Å². The van der Waals surface area contributed by atoms with Gasteiger partial charge in [-0.3, -0.25) is 42.6 Å². The number of primary amides is 6. The number of aryl methyl sites for hydroxylation is 2. The molecule has 0 aliphatic carbocycles. The summed E-state index contributed by atoms with van der Waals surface area (Å²) in [7, 11) is -5.04. The molecule has 5 fully saturated rings. The second kappa shape index (κ2) is 25.9. The number of nitrogens with two attached hydrogens (primary N) is 6. The number of aliphatic hydroxyl groups excluding tert-OH is 2. The van der Waals surface area contributed by atoms with Crippen LogP contribution in [0.2, 0.25) is 0 Å². The molecule has 0 radical (unpaired) electrons. The molecule has 8 bridgehead atoms. The zero-order valence-corrected chi connectivity index (χ0v) is 54.6. The highest BCUT2D eigenvalue weighted by Gasteiger charge is 2.68. The van der Waals surface area contributed by atoms with E-state index in [9.17, 15) is 53.2 Å². The molecule has 0 saturated carbocycles. The van der Waals surface area contributed by atoms with E-state index in [0.29, 0.717) is 23.3 Å². The van der Waals surface area contributed by atoms with Gasteiger partial charge in [0.25, 0.3) is 0 Å². The van der Waals surface area contributed by atoms with E-state index in [2.05, 4.69) is 51.5 Å². The summed E-state index contributed by atoms with van der Waals surface area (Å²) >= 11 is 0. The number of hydrogen-bond acceptors (Lipinski definition) is 17. The van der Waals surface area contributed by atoms with Gasteiger partial charge in [-0.2, -0.15) is 4.57 Å². The second-order valence-corrected chi connectivity index (χ2v) is 29.3. The number of phosphoric ester groups is 1. The lowest BCUT2D eigenvalue weighted by molar-refractivity contribution is -0.743. The molecule has 90 heavy (non-hydrogen) atoms. The number of H-pyrrole nitrogens is 1. The number of allylic oxidation sites excluding steroid dienone is 3. The van der Waals surface area contributed by atoms with Crippen molar-refractivity contribution < 1.29 is 71.6 Å². The number of amides is 7. The first-order valence-corrected chi connectivity index (χ1v) is 32.6. The van der Waals surface area contributed by atoms with Crippen LogP contribution >= 0.6 is 7.82 Å². The predicted molar refractivity (Wildman–Crippen MR) is 331 cm³/mol. The maximum Gasteiger partial charge on any atom is 0.472 e. The molecule has 7 amide bonds. The summed E-state index contributed by atoms with van der Waals surface area (Å²) in [6, 6.07) is 1.31. The van der Waals surface area contributed by atoms with Crippen molar-refractivity contribution >= 4 is 60.2 Å². The van der Waals surface area contributed by atoms with Gasteiger partial charge in [0.2, 0.25) is 53.9 Å². The highest BCUT2D eigenvalue weighted by atomic mass is 31.2. The van der Waals surface area contributed by atoms with Crippen LogP contribution < -0.4 is 65.6 Å². The van der Waals surface area contributed by atoms with Crippen LogP contribution in [-0.2, 0) is 51.9 Å². The number of ether oxygens (including phenoxy) is 1. The minimum absolute atomic E-state index is 0.0110. The van der Waals surface area contributed by atoms with Crippen LogP contribution in [0.25, 0.3) is 11.0 Å². The van der Waals surface area contributed by atoms with E-state index in [0.717, 1.165) is 33.5 Å². The van der Waals surface area contributed by atoms with Gasteiger partial charge in [0.05, 0.1) is 30.3 Å². The van der Waals surface area contributed by atoms with Gasteiger partial charge in [-0.15, -0.1) is 0 Å². The maximum atomic E-state index is 14.4. The molecular weight excluding hydrogens is 1180 g/mol. The Morgan fingerprint density at radius 1 is 0.789 bits per heavy atom. The third-order valence-electron chi connectivity index (χ3n) is 21.8. The molecule has 8 rings (SSSR count). The van der Waals surface area contributed by atoms with Crippen LogP contribution in [-0.4, -0.2) is 129 Å². The molecule has 5 saturated heterocycles. The van der Waals surface area contributed by atoms with Crippen molar-refractivity contribution in [3.63, 3.8) is 0 Å². The summed E-state index contributed by atoms with van der Waals surface area (Å²) in [5.74, 6) is -6.22. The normalized spacial score (nSPS) is 36.7. The SMILES string of the molecule is C/C1=C2/NC(C(CC(N)=O)C2(C)CCC(=O)NCC(C)OP(=O)(O)OC2C(CO)OC([n+]3c[nH]c4cc(C)c(C)cc43)C2O)C2(C)N/C(=C(/C)C3NC(/C=C4\NC1C(CCC(N)=O)C4(C)C)C(CCC(N)=O)C3(C)CC(N)=O)C(CCC(N)=O)C2(C)CC(N)=O. The van der Waals surface area contributed by atoms with Crippen LogP contribution in [0.1, 0.15) is 150 Å². The number of benzene rings is 1. The Morgan fingerprint density at radius 2 is 1.40 bits per heavy atom. The van der Waals surface area contributed by atoms with E-state index < -0.39 is 156 Å². The highest BCUT2D eigenvalue weighted by Crippen LogP contribution is 2.62. The summed E-state index contributed by atoms with van der Waals surface area (Å²) in [4.78, 5) is 108. The fraction of sp³-hybridized carbons (Fsp3) is 0.677. The van der Waals surface area contributed by atoms with Gasteiger partial charge in [-0.1, -0.05) is 34.6 Å². The standard InChI is InChI=1S/C62H96N13O14P/c1-29-20-39-40(21-30(29)2)75(28-70-39)57-52(84)53(41(27-76)87-57)89-90(85,86)88-31(3)26-69-49(83)18-19-59(8)37(22-46(66)80)56-62(11)61(10,25-48(68)82)36(14-17-45(65)79)51(74-62)33(5)55-60(9,24-47(67)81)34(12-15-43(63)77)38(71-55)23-42-58(6,7)35(13-16-44(64)78)50(72-42)32(4)54(59)73-56/h20-21,23,28,31,34-38,41,50,52-53,55-57,71-74,76,84H,12-19,22,24-27H2,1-11H3,(H14,63,64,65,66,67,68,69,77,78,79,80,81,82,83,85,86)/p+1/b42-23-,51-33-,54-32-. The van der Waals surface area contributed by atoms with E-state index in [4.69, 9.17) is 48.2 Å². The molecule has 18 atom stereocenters. The number of carbonyl (C=O) groups is 7. The van der Waals surface area contributed by atoms with E-state index in [1.807, 2.05) is 67.5 Å². The molecule has 27 nitrogen and oxygen atoms in total. The molecule has 21 N–H and O–H groups in total. The fourth-order valence-electron chi connectivity index (χ4n) is 16.7. The predicted octanol–water partition coefficient (Wildman–Crippen LogP) is 1.13. The Balaban J connectivity index is 1.18. The monoisotopic (exact) mass is 1280 g/mol. The number of aliphatic hydroxyl groups is 2. The average Bonchev–Trinajstić information content (AvgIpc) is 1.53. The van der Waals surface area contributed by atoms with E-state index >= 15 is 0 Å². The maximum absolute atomic E-state index is 14.4. The molecule has 2 aromatic rings. The number of nitrogens with zero attached hydrogens (tertiary/aromatic N) is 1. The Labute approximate surface area is 525 Å². The van der Waals surface area contributed by atoms with Crippen LogP contribution in [0.15, 0.2) is 52.8 Å². The van der Waals surface area contributed by atoms with Gasteiger partial charge in [0, 0.05) is 114 Å². The number of phosphoric acid groups is 1. The molecule has 28 heteroatoms. The first-order valence-electron chi connectivity index (χ1n) is 31.1. The van der Waals surface area contributed by atoms with Gasteiger partial charge in [0.15, 0.2) is 11.0 Å². The fourth-order valence-corrected chi connectivity index (χ4v) is 17.8. The topological polar surface area (TPSA) is 461 Å². The Kier molecular flexibility index (Phi) is 20.0. The summed E-state index contributed by atoms with van der Waals surface area (Å²) in [6.45, 7) is 20.1. The van der Waals surface area contributed by atoms with Crippen LogP contribution in [0.3, 0.4) is 0 Å². The molecule has 1 aromatic heterocycles. The number of imidazole rings is 1. The Morgan fingerprint density at radius 3 is 2.00 bits per heavy atom. The highest BCUT2D eigenvalue weighted by molar-refractivity contribution is 7.47. The van der Waals surface area contributed by atoms with E-state index in [1.165, 1.54) is 6.92 Å². The van der Waals surface area contributed by atoms with Gasteiger partial charge in [-0.25, -0.2) is 9.55 Å². The number of aromatic nitrogens is 2. The molecule has 6 aliphatic heterocycles. The van der Waals surface area contributed by atoms with E-state index in [-0.39, 0.29) is 76.7 Å². The Hall–Kier alpha value is -6.45. The molecule has 1 aromatic carbocycles. The van der Waals surface area contributed by atoms with Crippen molar-refractivity contribution in [3.8, 4) is 0 Å². The van der Waals surface area contributed by atoms with Crippen LogP contribution in [0.4, 0.5) is 0 Å². The largest absolute Gasteiger partial charge is 0.472 e. The van der Waals surface area contributed by atoms with E-state index in [1.54, 1.807) is 10.9 Å². The lowest BCUT2D eigenvalue weighted by Crippen LogP contribution is -2.63. The average molecular weight is 1280 g/mol.